The van der Waals surface area contributed by atoms with Crippen LogP contribution in [0.1, 0.15) is 27.3 Å². The zero-order valence-electron chi connectivity index (χ0n) is 17.6. The van der Waals surface area contributed by atoms with E-state index in [-0.39, 0.29) is 17.9 Å². The maximum atomic E-state index is 13.9. The van der Waals surface area contributed by atoms with Gasteiger partial charge in [0.1, 0.15) is 5.82 Å². The van der Waals surface area contributed by atoms with Crippen molar-refractivity contribution in [2.75, 3.05) is 0 Å². The zero-order valence-corrected chi connectivity index (χ0v) is 18.4. The molecule has 1 N–H and O–H groups in total. The van der Waals surface area contributed by atoms with E-state index >= 15 is 0 Å². The van der Waals surface area contributed by atoms with Crippen molar-refractivity contribution in [1.29, 1.82) is 0 Å². The summed E-state index contributed by atoms with van der Waals surface area (Å²) in [6, 6.07) is 19.8. The van der Waals surface area contributed by atoms with Gasteiger partial charge in [-0.1, -0.05) is 60.3 Å². The van der Waals surface area contributed by atoms with Gasteiger partial charge < -0.3 is 5.32 Å². The van der Waals surface area contributed by atoms with Crippen molar-refractivity contribution >= 4 is 17.7 Å². The Kier molecular flexibility index (Phi) is 6.97. The minimum Gasteiger partial charge on any atom is -0.345 e. The number of hydrogen-bond donors (Lipinski definition) is 1. The van der Waals surface area contributed by atoms with Crippen molar-refractivity contribution in [3.8, 4) is 5.69 Å². The number of nitrogens with zero attached hydrogens (tertiary/aromatic N) is 3. The number of halogens is 4. The van der Waals surface area contributed by atoms with Crippen LogP contribution < -0.4 is 5.32 Å². The van der Waals surface area contributed by atoms with Gasteiger partial charge in [-0.3, -0.25) is 9.36 Å². The number of amides is 1. The molecule has 0 fully saturated rings. The molecule has 0 spiro atoms. The normalized spacial score (nSPS) is 11.4. The predicted octanol–water partition coefficient (Wildman–Crippen LogP) is 5.65. The van der Waals surface area contributed by atoms with Crippen LogP contribution in [0, 0.1) is 5.82 Å². The maximum absolute atomic E-state index is 13.9. The first-order valence-corrected chi connectivity index (χ1v) is 11.1. The Hall–Kier alpha value is -3.66. The monoisotopic (exact) mass is 486 g/mol. The number of carbonyl (C=O) groups excluding carboxylic acids is 1. The summed E-state index contributed by atoms with van der Waals surface area (Å²) in [7, 11) is 0. The summed E-state index contributed by atoms with van der Waals surface area (Å²) in [5.74, 6) is -0.612. The van der Waals surface area contributed by atoms with E-state index in [4.69, 9.17) is 0 Å². The molecule has 1 aromatic heterocycles. The van der Waals surface area contributed by atoms with Gasteiger partial charge in [0.25, 0.3) is 5.91 Å². The highest BCUT2D eigenvalue weighted by molar-refractivity contribution is 7.98. The van der Waals surface area contributed by atoms with E-state index in [1.54, 1.807) is 16.7 Å². The van der Waals surface area contributed by atoms with Crippen LogP contribution in [0.25, 0.3) is 5.69 Å². The quantitative estimate of drug-likeness (QED) is 0.271. The van der Waals surface area contributed by atoms with Gasteiger partial charge in [-0.05, 0) is 35.9 Å². The number of benzene rings is 3. The molecule has 4 aromatic rings. The van der Waals surface area contributed by atoms with E-state index in [9.17, 15) is 22.4 Å². The third-order valence-electron chi connectivity index (χ3n) is 4.86. The number of thioether (sulfide) groups is 1. The fourth-order valence-corrected chi connectivity index (χ4v) is 4.14. The van der Waals surface area contributed by atoms with Crippen molar-refractivity contribution < 1.29 is 22.4 Å². The number of hydrogen-bond acceptors (Lipinski definition) is 4. The van der Waals surface area contributed by atoms with Crippen LogP contribution in [0.3, 0.4) is 0 Å². The molecule has 0 saturated heterocycles. The van der Waals surface area contributed by atoms with Gasteiger partial charge in [0.15, 0.2) is 11.0 Å². The van der Waals surface area contributed by atoms with Gasteiger partial charge in [-0.25, -0.2) is 4.39 Å². The van der Waals surface area contributed by atoms with Crippen LogP contribution in [-0.2, 0) is 18.5 Å². The SMILES string of the molecule is O=C(NCc1nnc(SCc2cccc(C(F)(F)F)c2)n1-c1ccccc1)c1ccccc1F. The Labute approximate surface area is 196 Å². The van der Waals surface area contributed by atoms with Gasteiger partial charge >= 0.3 is 6.18 Å². The molecule has 34 heavy (non-hydrogen) atoms. The number of aromatic nitrogens is 3. The molecule has 10 heteroatoms. The summed E-state index contributed by atoms with van der Waals surface area (Å²) in [5, 5.41) is 11.4. The van der Waals surface area contributed by atoms with E-state index in [0.717, 1.165) is 12.1 Å². The van der Waals surface area contributed by atoms with Crippen LogP contribution >= 0.6 is 11.8 Å². The summed E-state index contributed by atoms with van der Waals surface area (Å²) in [6.45, 7) is -0.0286. The molecule has 1 heterocycles. The van der Waals surface area contributed by atoms with Crippen LogP contribution in [0.4, 0.5) is 17.6 Å². The van der Waals surface area contributed by atoms with Crippen molar-refractivity contribution in [3.63, 3.8) is 0 Å². The summed E-state index contributed by atoms with van der Waals surface area (Å²) in [5.41, 5.74) is 0.394. The molecule has 0 aliphatic rings. The molecule has 0 unspecified atom stereocenters. The predicted molar refractivity (Wildman–Crippen MR) is 120 cm³/mol. The third kappa shape index (κ3) is 5.45. The minimum absolute atomic E-state index is 0.0286. The molecular formula is C24H18F4N4OS. The standard InChI is InChI=1S/C24H18F4N4OS/c25-20-12-5-4-11-19(20)22(33)29-14-21-30-31-23(32(21)18-9-2-1-3-10-18)34-15-16-7-6-8-17(13-16)24(26,27)28/h1-13H,14-15H2,(H,29,33). The lowest BCUT2D eigenvalue weighted by atomic mass is 10.1. The second-order valence-electron chi connectivity index (χ2n) is 7.22. The number of carbonyl (C=O) groups is 1. The highest BCUT2D eigenvalue weighted by Crippen LogP contribution is 2.31. The molecule has 4 rings (SSSR count). The Morgan fingerprint density at radius 1 is 0.941 bits per heavy atom. The topological polar surface area (TPSA) is 59.8 Å². The van der Waals surface area contributed by atoms with E-state index < -0.39 is 23.5 Å². The fraction of sp³-hybridized carbons (Fsp3) is 0.125. The molecule has 174 valence electrons. The molecule has 3 aromatic carbocycles. The van der Waals surface area contributed by atoms with Crippen molar-refractivity contribution in [3.05, 3.63) is 107 Å². The van der Waals surface area contributed by atoms with E-state index in [0.29, 0.717) is 22.2 Å². The van der Waals surface area contributed by atoms with Gasteiger partial charge in [-0.15, -0.1) is 10.2 Å². The van der Waals surface area contributed by atoms with E-state index in [2.05, 4.69) is 15.5 Å². The molecule has 0 atom stereocenters. The summed E-state index contributed by atoms with van der Waals surface area (Å²) < 4.78 is 54.7. The average Bonchev–Trinajstić information content (AvgIpc) is 3.24. The molecule has 5 nitrogen and oxygen atoms in total. The lowest BCUT2D eigenvalue weighted by Crippen LogP contribution is -2.25. The van der Waals surface area contributed by atoms with Crippen LogP contribution in [0.15, 0.2) is 84.0 Å². The lowest BCUT2D eigenvalue weighted by molar-refractivity contribution is -0.137. The Balaban J connectivity index is 1.56. The van der Waals surface area contributed by atoms with Gasteiger partial charge in [0.2, 0.25) is 0 Å². The first-order valence-electron chi connectivity index (χ1n) is 10.1. The molecular weight excluding hydrogens is 468 g/mol. The van der Waals surface area contributed by atoms with Crippen LogP contribution in [0.2, 0.25) is 0 Å². The first kappa shape index (κ1) is 23.5. The van der Waals surface area contributed by atoms with Crippen LogP contribution in [0.5, 0.6) is 0 Å². The van der Waals surface area contributed by atoms with E-state index in [1.165, 1.54) is 36.0 Å². The molecule has 0 bridgehead atoms. The van der Waals surface area contributed by atoms with Crippen molar-refractivity contribution in [2.24, 2.45) is 0 Å². The zero-order chi connectivity index (χ0) is 24.1. The summed E-state index contributed by atoms with van der Waals surface area (Å²) in [4.78, 5) is 12.4. The largest absolute Gasteiger partial charge is 0.416 e. The average molecular weight is 486 g/mol. The lowest BCUT2D eigenvalue weighted by Gasteiger charge is -2.12. The molecule has 0 radical (unpaired) electrons. The fourth-order valence-electron chi connectivity index (χ4n) is 3.23. The van der Waals surface area contributed by atoms with Gasteiger partial charge in [-0.2, -0.15) is 13.2 Å². The smallest absolute Gasteiger partial charge is 0.345 e. The maximum Gasteiger partial charge on any atom is 0.416 e. The number of rotatable bonds is 7. The second kappa shape index (κ2) is 10.1. The first-order chi connectivity index (χ1) is 16.3. The van der Waals surface area contributed by atoms with Gasteiger partial charge in [0.05, 0.1) is 17.7 Å². The Morgan fingerprint density at radius 2 is 1.68 bits per heavy atom. The molecule has 0 saturated carbocycles. The van der Waals surface area contributed by atoms with Crippen molar-refractivity contribution in [1.82, 2.24) is 20.1 Å². The summed E-state index contributed by atoms with van der Waals surface area (Å²) >= 11 is 1.22. The summed E-state index contributed by atoms with van der Waals surface area (Å²) in [6.07, 6.45) is -4.42. The molecule has 0 aliphatic heterocycles. The van der Waals surface area contributed by atoms with Crippen molar-refractivity contribution in [2.45, 2.75) is 23.6 Å². The van der Waals surface area contributed by atoms with E-state index in [1.807, 2.05) is 30.3 Å². The Bertz CT molecular complexity index is 1290. The number of alkyl halides is 3. The van der Waals surface area contributed by atoms with Crippen LogP contribution in [-0.4, -0.2) is 20.7 Å². The third-order valence-corrected chi connectivity index (χ3v) is 5.86. The number of para-hydroxylation sites is 1. The highest BCUT2D eigenvalue weighted by Gasteiger charge is 2.30. The molecule has 0 aliphatic carbocycles. The Morgan fingerprint density at radius 3 is 2.41 bits per heavy atom. The minimum atomic E-state index is -4.42. The second-order valence-corrected chi connectivity index (χ2v) is 8.16. The highest BCUT2D eigenvalue weighted by atomic mass is 32.2. The number of nitrogens with one attached hydrogen (secondary N) is 1. The van der Waals surface area contributed by atoms with Gasteiger partial charge in [0, 0.05) is 11.4 Å². The molecule has 1 amide bonds.